The normalized spacial score (nSPS) is 19.6. The molecule has 0 aliphatic carbocycles. The number of piperidine rings is 1. The molecule has 0 bridgehead atoms. The number of benzene rings is 1. The van der Waals surface area contributed by atoms with Gasteiger partial charge in [0.1, 0.15) is 0 Å². The first-order chi connectivity index (χ1) is 13.6. The number of carbonyl (C=O) groups is 3. The number of nitrogens with one attached hydrogen (secondary N) is 2. The number of amides is 4. The van der Waals surface area contributed by atoms with E-state index in [-0.39, 0.29) is 23.8 Å². The van der Waals surface area contributed by atoms with Gasteiger partial charge in [0.25, 0.3) is 5.91 Å². The largest absolute Gasteiger partial charge is 0.352 e. The van der Waals surface area contributed by atoms with Crippen LogP contribution in [-0.2, 0) is 4.79 Å². The molecular weight excluding hydrogens is 356 g/mol. The van der Waals surface area contributed by atoms with Gasteiger partial charge in [0.15, 0.2) is 0 Å². The summed E-state index contributed by atoms with van der Waals surface area (Å²) in [5.41, 5.74) is 1.75. The van der Waals surface area contributed by atoms with E-state index < -0.39 is 0 Å². The Kier molecular flexibility index (Phi) is 6.90. The van der Waals surface area contributed by atoms with E-state index in [4.69, 9.17) is 0 Å². The SMILES string of the molecule is CNC(=O)N1CCCC(c2cccc(C(=O)NCCCN3CCCC3=O)c2)C1. The number of carbonyl (C=O) groups excluding carboxylic acids is 3. The van der Waals surface area contributed by atoms with Gasteiger partial charge in [-0.15, -0.1) is 0 Å². The van der Waals surface area contributed by atoms with Crippen LogP contribution in [0.2, 0.25) is 0 Å². The number of nitrogens with zero attached hydrogens (tertiary/aromatic N) is 2. The molecule has 1 aromatic rings. The zero-order valence-electron chi connectivity index (χ0n) is 16.6. The zero-order valence-corrected chi connectivity index (χ0v) is 16.6. The molecule has 1 atom stereocenters. The van der Waals surface area contributed by atoms with E-state index >= 15 is 0 Å². The highest BCUT2D eigenvalue weighted by molar-refractivity contribution is 5.94. The van der Waals surface area contributed by atoms with Crippen LogP contribution in [0.3, 0.4) is 0 Å². The van der Waals surface area contributed by atoms with Gasteiger partial charge in [-0.1, -0.05) is 12.1 Å². The van der Waals surface area contributed by atoms with Crippen molar-refractivity contribution in [2.45, 2.75) is 38.0 Å². The Hall–Kier alpha value is -2.57. The maximum atomic E-state index is 12.5. The number of urea groups is 1. The summed E-state index contributed by atoms with van der Waals surface area (Å²) in [4.78, 5) is 39.7. The number of likely N-dealkylation sites (tertiary alicyclic amines) is 2. The minimum absolute atomic E-state index is 0.0462. The van der Waals surface area contributed by atoms with E-state index in [0.717, 1.165) is 44.3 Å². The Balaban J connectivity index is 1.51. The number of rotatable bonds is 6. The molecule has 4 amide bonds. The van der Waals surface area contributed by atoms with Crippen LogP contribution in [0.5, 0.6) is 0 Å². The van der Waals surface area contributed by atoms with Crippen LogP contribution in [0.1, 0.15) is 53.9 Å². The van der Waals surface area contributed by atoms with Crippen LogP contribution in [-0.4, -0.2) is 67.4 Å². The molecule has 0 aromatic heterocycles. The Morgan fingerprint density at radius 1 is 1.21 bits per heavy atom. The summed E-state index contributed by atoms with van der Waals surface area (Å²) in [6.45, 7) is 3.55. The predicted octanol–water partition coefficient (Wildman–Crippen LogP) is 1.95. The molecule has 1 unspecified atom stereocenters. The third-order valence-electron chi connectivity index (χ3n) is 5.60. The topological polar surface area (TPSA) is 81.8 Å². The monoisotopic (exact) mass is 386 g/mol. The second kappa shape index (κ2) is 9.57. The second-order valence-corrected chi connectivity index (χ2v) is 7.56. The highest BCUT2D eigenvalue weighted by Gasteiger charge is 2.24. The van der Waals surface area contributed by atoms with Gasteiger partial charge in [0.2, 0.25) is 5.91 Å². The molecule has 7 nitrogen and oxygen atoms in total. The van der Waals surface area contributed by atoms with Gasteiger partial charge in [-0.25, -0.2) is 4.79 Å². The van der Waals surface area contributed by atoms with E-state index in [0.29, 0.717) is 31.6 Å². The molecule has 28 heavy (non-hydrogen) atoms. The van der Waals surface area contributed by atoms with Crippen LogP contribution in [0.25, 0.3) is 0 Å². The molecule has 2 heterocycles. The lowest BCUT2D eigenvalue weighted by Gasteiger charge is -2.32. The lowest BCUT2D eigenvalue weighted by molar-refractivity contribution is -0.127. The van der Waals surface area contributed by atoms with Crippen LogP contribution in [0.15, 0.2) is 24.3 Å². The molecule has 2 fully saturated rings. The first-order valence-corrected chi connectivity index (χ1v) is 10.2. The summed E-state index contributed by atoms with van der Waals surface area (Å²) in [6, 6.07) is 7.66. The fourth-order valence-electron chi connectivity index (χ4n) is 4.04. The first kappa shape index (κ1) is 20.2. The minimum Gasteiger partial charge on any atom is -0.352 e. The lowest BCUT2D eigenvalue weighted by atomic mass is 9.89. The molecule has 7 heteroatoms. The van der Waals surface area contributed by atoms with Crippen molar-refractivity contribution >= 4 is 17.8 Å². The third-order valence-corrected chi connectivity index (χ3v) is 5.60. The number of hydrogen-bond acceptors (Lipinski definition) is 3. The molecule has 0 spiro atoms. The average molecular weight is 386 g/mol. The predicted molar refractivity (Wildman–Crippen MR) is 107 cm³/mol. The van der Waals surface area contributed by atoms with Crippen molar-refractivity contribution in [2.24, 2.45) is 0 Å². The molecular formula is C21H30N4O3. The maximum Gasteiger partial charge on any atom is 0.317 e. The molecule has 152 valence electrons. The van der Waals surface area contributed by atoms with Crippen molar-refractivity contribution in [3.63, 3.8) is 0 Å². The molecule has 0 radical (unpaired) electrons. The Morgan fingerprint density at radius 3 is 2.82 bits per heavy atom. The van der Waals surface area contributed by atoms with E-state index in [1.807, 2.05) is 34.1 Å². The summed E-state index contributed by atoms with van der Waals surface area (Å²) in [7, 11) is 1.65. The maximum absolute atomic E-state index is 12.5. The van der Waals surface area contributed by atoms with Crippen molar-refractivity contribution in [2.75, 3.05) is 39.8 Å². The first-order valence-electron chi connectivity index (χ1n) is 10.2. The second-order valence-electron chi connectivity index (χ2n) is 7.56. The molecule has 3 rings (SSSR count). The summed E-state index contributed by atoms with van der Waals surface area (Å²) < 4.78 is 0. The van der Waals surface area contributed by atoms with Gasteiger partial charge >= 0.3 is 6.03 Å². The smallest absolute Gasteiger partial charge is 0.317 e. The lowest BCUT2D eigenvalue weighted by Crippen LogP contribution is -2.43. The highest BCUT2D eigenvalue weighted by Crippen LogP contribution is 2.27. The van der Waals surface area contributed by atoms with Crippen molar-refractivity contribution in [1.29, 1.82) is 0 Å². The fraction of sp³-hybridized carbons (Fsp3) is 0.571. The van der Waals surface area contributed by atoms with Gasteiger partial charge in [-0.05, 0) is 43.4 Å². The van der Waals surface area contributed by atoms with Crippen molar-refractivity contribution < 1.29 is 14.4 Å². The Morgan fingerprint density at radius 2 is 2.07 bits per heavy atom. The van der Waals surface area contributed by atoms with Gasteiger partial charge < -0.3 is 20.4 Å². The van der Waals surface area contributed by atoms with Crippen LogP contribution in [0.4, 0.5) is 4.79 Å². The van der Waals surface area contributed by atoms with Crippen molar-refractivity contribution in [1.82, 2.24) is 20.4 Å². The van der Waals surface area contributed by atoms with E-state index in [1.165, 1.54) is 0 Å². The zero-order chi connectivity index (χ0) is 19.9. The standard InChI is InChI=1S/C21H30N4O3/c1-22-21(28)25-12-3-8-18(15-25)16-6-2-7-17(14-16)20(27)23-10-5-13-24-11-4-9-19(24)26/h2,6-7,14,18H,3-5,8-13,15H2,1H3,(H,22,28)(H,23,27). The van der Waals surface area contributed by atoms with Gasteiger partial charge in [0.05, 0.1) is 0 Å². The summed E-state index contributed by atoms with van der Waals surface area (Å²) in [5, 5.41) is 5.64. The Labute approximate surface area is 166 Å². The van der Waals surface area contributed by atoms with Gasteiger partial charge in [-0.3, -0.25) is 9.59 Å². The molecule has 1 aromatic carbocycles. The molecule has 0 saturated carbocycles. The fourth-order valence-corrected chi connectivity index (χ4v) is 4.04. The van der Waals surface area contributed by atoms with Crippen molar-refractivity contribution in [3.05, 3.63) is 35.4 Å². The van der Waals surface area contributed by atoms with E-state index in [1.54, 1.807) is 7.05 Å². The minimum atomic E-state index is -0.0893. The summed E-state index contributed by atoms with van der Waals surface area (Å²) in [5.74, 6) is 0.380. The molecule has 2 aliphatic rings. The van der Waals surface area contributed by atoms with E-state index in [2.05, 4.69) is 10.6 Å². The van der Waals surface area contributed by atoms with Crippen LogP contribution < -0.4 is 10.6 Å². The highest BCUT2D eigenvalue weighted by atomic mass is 16.2. The molecule has 2 N–H and O–H groups in total. The van der Waals surface area contributed by atoms with Crippen LogP contribution in [0, 0.1) is 0 Å². The average Bonchev–Trinajstić information content (AvgIpc) is 3.15. The molecule has 2 saturated heterocycles. The quantitative estimate of drug-likeness (QED) is 0.733. The summed E-state index contributed by atoms with van der Waals surface area (Å²) >= 11 is 0. The van der Waals surface area contributed by atoms with Gasteiger partial charge in [-0.2, -0.15) is 0 Å². The molecule has 2 aliphatic heterocycles. The van der Waals surface area contributed by atoms with Crippen LogP contribution >= 0.6 is 0 Å². The van der Waals surface area contributed by atoms with Gasteiger partial charge in [0, 0.05) is 57.7 Å². The summed E-state index contributed by atoms with van der Waals surface area (Å²) in [6.07, 6.45) is 4.33. The van der Waals surface area contributed by atoms with E-state index in [9.17, 15) is 14.4 Å². The number of hydrogen-bond donors (Lipinski definition) is 2. The third kappa shape index (κ3) is 5.03. The Bertz CT molecular complexity index is 721. The van der Waals surface area contributed by atoms with Crippen molar-refractivity contribution in [3.8, 4) is 0 Å².